The number of carbonyl (C=O) groups is 1. The third-order valence-corrected chi connectivity index (χ3v) is 5.26. The van der Waals surface area contributed by atoms with Gasteiger partial charge in [-0.15, -0.1) is 0 Å². The van der Waals surface area contributed by atoms with Crippen molar-refractivity contribution in [3.8, 4) is 5.75 Å². The first kappa shape index (κ1) is 17.4. The molecule has 0 aliphatic rings. The van der Waals surface area contributed by atoms with E-state index in [1.165, 1.54) is 11.3 Å². The molecule has 1 aromatic carbocycles. The summed E-state index contributed by atoms with van der Waals surface area (Å²) in [6.07, 6.45) is 0. The fourth-order valence-electron chi connectivity index (χ4n) is 3.04. The molecule has 3 heterocycles. The van der Waals surface area contributed by atoms with Gasteiger partial charge in [-0.3, -0.25) is 14.8 Å². The fraction of sp³-hybridized carbons (Fsp3) is 0.263. The molecule has 4 aromatic rings. The third-order valence-electron chi connectivity index (χ3n) is 4.33. The van der Waals surface area contributed by atoms with Gasteiger partial charge in [0, 0.05) is 12.4 Å². The number of fused-ring (bicyclic) bond motifs is 2. The number of pyridine rings is 1. The van der Waals surface area contributed by atoms with Crippen molar-refractivity contribution >= 4 is 43.6 Å². The van der Waals surface area contributed by atoms with Gasteiger partial charge in [0.1, 0.15) is 5.75 Å². The van der Waals surface area contributed by atoms with Crippen molar-refractivity contribution in [3.05, 3.63) is 41.2 Å². The number of thiazole rings is 1. The van der Waals surface area contributed by atoms with E-state index in [-0.39, 0.29) is 5.91 Å². The highest BCUT2D eigenvalue weighted by Gasteiger charge is 2.17. The Labute approximate surface area is 160 Å². The second-order valence-electron chi connectivity index (χ2n) is 6.24. The number of carbonyl (C=O) groups excluding carboxylic acids is 1. The zero-order valence-corrected chi connectivity index (χ0v) is 16.3. The van der Waals surface area contributed by atoms with Crippen LogP contribution in [0.25, 0.3) is 21.3 Å². The molecule has 3 aromatic heterocycles. The first-order valence-electron chi connectivity index (χ1n) is 8.62. The maximum Gasteiger partial charge on any atom is 0.259 e. The predicted octanol–water partition coefficient (Wildman–Crippen LogP) is 3.85. The molecule has 0 atom stereocenters. The van der Waals surface area contributed by atoms with Gasteiger partial charge in [-0.1, -0.05) is 11.3 Å². The van der Waals surface area contributed by atoms with E-state index in [1.807, 2.05) is 52.1 Å². The minimum atomic E-state index is -0.228. The van der Waals surface area contributed by atoms with Crippen molar-refractivity contribution in [2.24, 2.45) is 7.05 Å². The molecule has 1 N–H and O–H groups in total. The van der Waals surface area contributed by atoms with Crippen LogP contribution < -0.4 is 10.1 Å². The summed E-state index contributed by atoms with van der Waals surface area (Å²) >= 11 is 1.42. The van der Waals surface area contributed by atoms with E-state index < -0.39 is 0 Å². The monoisotopic (exact) mass is 381 g/mol. The average molecular weight is 381 g/mol. The van der Waals surface area contributed by atoms with E-state index in [1.54, 1.807) is 4.68 Å². The van der Waals surface area contributed by atoms with E-state index in [2.05, 4.69) is 20.4 Å². The number of rotatable bonds is 4. The molecular formula is C19H19N5O2S. The second-order valence-corrected chi connectivity index (χ2v) is 7.27. The van der Waals surface area contributed by atoms with Crippen molar-refractivity contribution in [2.75, 3.05) is 11.9 Å². The molecule has 1 amide bonds. The fourth-order valence-corrected chi connectivity index (χ4v) is 3.93. The minimum Gasteiger partial charge on any atom is -0.494 e. The largest absolute Gasteiger partial charge is 0.494 e. The summed E-state index contributed by atoms with van der Waals surface area (Å²) in [7, 11) is 1.85. The van der Waals surface area contributed by atoms with E-state index in [0.717, 1.165) is 32.7 Å². The SMILES string of the molecule is CCOc1ccc2nc(NC(=O)c3cc4c(C)nn(C)c4nc3C)sc2c1. The Kier molecular flexibility index (Phi) is 4.27. The Hall–Kier alpha value is -3.00. The molecule has 0 spiro atoms. The van der Waals surface area contributed by atoms with Crippen molar-refractivity contribution in [1.29, 1.82) is 0 Å². The quantitative estimate of drug-likeness (QED) is 0.581. The number of ether oxygens (including phenoxy) is 1. The molecule has 8 heteroatoms. The van der Waals surface area contributed by atoms with Crippen LogP contribution in [0.4, 0.5) is 5.13 Å². The first-order valence-corrected chi connectivity index (χ1v) is 9.43. The van der Waals surface area contributed by atoms with Crippen LogP contribution in [0.15, 0.2) is 24.3 Å². The van der Waals surface area contributed by atoms with Crippen molar-refractivity contribution < 1.29 is 9.53 Å². The zero-order valence-electron chi connectivity index (χ0n) is 15.5. The number of aryl methyl sites for hydroxylation is 3. The highest BCUT2D eigenvalue weighted by molar-refractivity contribution is 7.22. The van der Waals surface area contributed by atoms with Gasteiger partial charge < -0.3 is 4.74 Å². The van der Waals surface area contributed by atoms with Crippen LogP contribution in [0.2, 0.25) is 0 Å². The Bertz CT molecular complexity index is 1180. The number of anilines is 1. The predicted molar refractivity (Wildman–Crippen MR) is 107 cm³/mol. The summed E-state index contributed by atoms with van der Waals surface area (Å²) in [6, 6.07) is 7.55. The van der Waals surface area contributed by atoms with Gasteiger partial charge in [-0.25, -0.2) is 9.97 Å². The number of amides is 1. The van der Waals surface area contributed by atoms with Gasteiger partial charge in [-0.05, 0) is 45.0 Å². The number of nitrogens with zero attached hydrogens (tertiary/aromatic N) is 4. The van der Waals surface area contributed by atoms with E-state index >= 15 is 0 Å². The molecule has 0 aliphatic carbocycles. The summed E-state index contributed by atoms with van der Waals surface area (Å²) < 4.78 is 8.21. The summed E-state index contributed by atoms with van der Waals surface area (Å²) in [5, 5.41) is 8.68. The van der Waals surface area contributed by atoms with Crippen molar-refractivity contribution in [3.63, 3.8) is 0 Å². The lowest BCUT2D eigenvalue weighted by atomic mass is 10.1. The number of benzene rings is 1. The summed E-state index contributed by atoms with van der Waals surface area (Å²) in [4.78, 5) is 21.8. The molecule has 0 unspecified atom stereocenters. The molecule has 138 valence electrons. The Balaban J connectivity index is 1.65. The van der Waals surface area contributed by atoms with E-state index in [4.69, 9.17) is 4.74 Å². The Morgan fingerprint density at radius 3 is 2.81 bits per heavy atom. The number of hydrogen-bond acceptors (Lipinski definition) is 6. The first-order chi connectivity index (χ1) is 13.0. The van der Waals surface area contributed by atoms with Gasteiger partial charge in [0.15, 0.2) is 10.8 Å². The molecule has 0 fully saturated rings. The summed E-state index contributed by atoms with van der Waals surface area (Å²) in [5.74, 6) is 0.568. The number of aromatic nitrogens is 4. The smallest absolute Gasteiger partial charge is 0.259 e. The van der Waals surface area contributed by atoms with Gasteiger partial charge in [-0.2, -0.15) is 5.10 Å². The summed E-state index contributed by atoms with van der Waals surface area (Å²) in [6.45, 7) is 6.28. The Morgan fingerprint density at radius 1 is 1.22 bits per heavy atom. The minimum absolute atomic E-state index is 0.228. The van der Waals surface area contributed by atoms with Crippen molar-refractivity contribution in [1.82, 2.24) is 19.7 Å². The van der Waals surface area contributed by atoms with E-state index in [9.17, 15) is 4.79 Å². The summed E-state index contributed by atoms with van der Waals surface area (Å²) in [5.41, 5.74) is 3.62. The molecule has 0 saturated heterocycles. The molecule has 0 radical (unpaired) electrons. The molecule has 0 aliphatic heterocycles. The second kappa shape index (κ2) is 6.62. The van der Waals surface area contributed by atoms with Crippen LogP contribution in [0.1, 0.15) is 28.7 Å². The molecule has 0 bridgehead atoms. The van der Waals surface area contributed by atoms with E-state index in [0.29, 0.717) is 23.0 Å². The van der Waals surface area contributed by atoms with Gasteiger partial charge in [0.25, 0.3) is 5.91 Å². The van der Waals surface area contributed by atoms with Crippen LogP contribution in [0.3, 0.4) is 0 Å². The highest BCUT2D eigenvalue weighted by atomic mass is 32.1. The van der Waals surface area contributed by atoms with Gasteiger partial charge in [0.05, 0.1) is 33.8 Å². The maximum atomic E-state index is 12.8. The third kappa shape index (κ3) is 3.12. The number of hydrogen-bond donors (Lipinski definition) is 1. The molecule has 0 saturated carbocycles. The van der Waals surface area contributed by atoms with Crippen LogP contribution in [-0.4, -0.2) is 32.3 Å². The average Bonchev–Trinajstić information content (AvgIpc) is 3.14. The molecular weight excluding hydrogens is 362 g/mol. The molecule has 7 nitrogen and oxygen atoms in total. The maximum absolute atomic E-state index is 12.8. The van der Waals surface area contributed by atoms with Crippen molar-refractivity contribution in [2.45, 2.75) is 20.8 Å². The molecule has 27 heavy (non-hydrogen) atoms. The lowest BCUT2D eigenvalue weighted by molar-refractivity contribution is 0.102. The number of nitrogens with one attached hydrogen (secondary N) is 1. The van der Waals surface area contributed by atoms with Crippen LogP contribution in [0, 0.1) is 13.8 Å². The highest BCUT2D eigenvalue weighted by Crippen LogP contribution is 2.30. The van der Waals surface area contributed by atoms with Crippen LogP contribution >= 0.6 is 11.3 Å². The zero-order chi connectivity index (χ0) is 19.1. The lowest BCUT2D eigenvalue weighted by Crippen LogP contribution is -2.14. The van der Waals surface area contributed by atoms with Crippen LogP contribution in [0.5, 0.6) is 5.75 Å². The molecule has 4 rings (SSSR count). The van der Waals surface area contributed by atoms with Crippen LogP contribution in [-0.2, 0) is 7.05 Å². The normalized spacial score (nSPS) is 11.3. The van der Waals surface area contributed by atoms with Gasteiger partial charge in [0.2, 0.25) is 0 Å². The standard InChI is InChI=1S/C19H19N5O2S/c1-5-26-12-6-7-15-16(8-12)27-19(21-15)22-18(25)14-9-13-11(3)23-24(4)17(13)20-10(14)2/h6-9H,5H2,1-4H3,(H,21,22,25). The lowest BCUT2D eigenvalue weighted by Gasteiger charge is -2.05. The Morgan fingerprint density at radius 2 is 2.04 bits per heavy atom. The topological polar surface area (TPSA) is 81.9 Å². The van der Waals surface area contributed by atoms with Gasteiger partial charge >= 0.3 is 0 Å².